The summed E-state index contributed by atoms with van der Waals surface area (Å²) >= 11 is 0. The Kier molecular flexibility index (Phi) is 7.78. The summed E-state index contributed by atoms with van der Waals surface area (Å²) in [4.78, 5) is 0. The molecule has 0 spiro atoms. The van der Waals surface area contributed by atoms with Gasteiger partial charge in [0, 0.05) is 0 Å². The van der Waals surface area contributed by atoms with E-state index in [0.717, 1.165) is 18.8 Å². The van der Waals surface area contributed by atoms with E-state index in [-0.39, 0.29) is 0 Å². The largest absolute Gasteiger partial charge is 0.474 e. The average Bonchev–Trinajstić information content (AvgIpc) is 3.07. The fraction of sp³-hybridized carbons (Fsp3) is 0.667. The first kappa shape index (κ1) is 18.7. The van der Waals surface area contributed by atoms with Gasteiger partial charge in [-0.25, -0.2) is 4.57 Å². The van der Waals surface area contributed by atoms with Gasteiger partial charge in [0.25, 0.3) is 0 Å². The molecule has 0 aliphatic heterocycles. The SMILES string of the molecule is CCOP(=O)(OCC)OCCCc1ccc(C2CCCC2)cc1. The zero-order valence-electron chi connectivity index (χ0n) is 14.3. The monoisotopic (exact) mass is 340 g/mol. The van der Waals surface area contributed by atoms with Crippen molar-refractivity contribution in [3.63, 3.8) is 0 Å². The van der Waals surface area contributed by atoms with Crippen LogP contribution >= 0.6 is 7.82 Å². The lowest BCUT2D eigenvalue weighted by molar-refractivity contribution is 0.120. The summed E-state index contributed by atoms with van der Waals surface area (Å²) in [6.45, 7) is 4.57. The van der Waals surface area contributed by atoms with E-state index >= 15 is 0 Å². The Balaban J connectivity index is 1.74. The van der Waals surface area contributed by atoms with Crippen LogP contribution in [0.2, 0.25) is 0 Å². The van der Waals surface area contributed by atoms with Gasteiger partial charge in [-0.15, -0.1) is 0 Å². The van der Waals surface area contributed by atoms with Crippen LogP contribution in [-0.4, -0.2) is 19.8 Å². The Hall–Kier alpha value is -0.670. The normalized spacial score (nSPS) is 16.1. The summed E-state index contributed by atoms with van der Waals surface area (Å²) in [5, 5.41) is 0. The van der Waals surface area contributed by atoms with E-state index in [1.807, 2.05) is 0 Å². The average molecular weight is 340 g/mol. The van der Waals surface area contributed by atoms with Crippen LogP contribution in [0.5, 0.6) is 0 Å². The first-order valence-corrected chi connectivity index (χ1v) is 10.3. The lowest BCUT2D eigenvalue weighted by Crippen LogP contribution is -2.02. The summed E-state index contributed by atoms with van der Waals surface area (Å²) in [5.74, 6) is 0.760. The highest BCUT2D eigenvalue weighted by molar-refractivity contribution is 7.48. The number of aryl methyl sites for hydroxylation is 1. The summed E-state index contributed by atoms with van der Waals surface area (Å²) in [5.41, 5.74) is 2.76. The highest BCUT2D eigenvalue weighted by Crippen LogP contribution is 2.49. The van der Waals surface area contributed by atoms with Crippen molar-refractivity contribution in [2.45, 2.75) is 58.3 Å². The Morgan fingerprint density at radius 1 is 1.00 bits per heavy atom. The molecule has 0 heterocycles. The molecule has 1 aromatic rings. The number of hydrogen-bond acceptors (Lipinski definition) is 4. The van der Waals surface area contributed by atoms with E-state index in [9.17, 15) is 4.57 Å². The highest BCUT2D eigenvalue weighted by Gasteiger charge is 2.24. The van der Waals surface area contributed by atoms with Gasteiger partial charge in [-0.05, 0) is 56.6 Å². The van der Waals surface area contributed by atoms with Gasteiger partial charge in [0.2, 0.25) is 0 Å². The quantitative estimate of drug-likeness (QED) is 0.418. The Bertz CT molecular complexity index is 484. The van der Waals surface area contributed by atoms with Crippen LogP contribution in [0.3, 0.4) is 0 Å². The minimum absolute atomic E-state index is 0.319. The van der Waals surface area contributed by atoms with Gasteiger partial charge in [0.15, 0.2) is 0 Å². The predicted octanol–water partition coefficient (Wildman–Crippen LogP) is 5.47. The Labute approximate surface area is 140 Å². The molecule has 0 unspecified atom stereocenters. The lowest BCUT2D eigenvalue weighted by Gasteiger charge is -2.16. The summed E-state index contributed by atoms with van der Waals surface area (Å²) in [7, 11) is -3.36. The fourth-order valence-corrected chi connectivity index (χ4v) is 4.31. The van der Waals surface area contributed by atoms with E-state index in [1.165, 1.54) is 36.8 Å². The van der Waals surface area contributed by atoms with Crippen LogP contribution in [0.1, 0.15) is 63.0 Å². The van der Waals surface area contributed by atoms with Gasteiger partial charge in [0.05, 0.1) is 19.8 Å². The van der Waals surface area contributed by atoms with Crippen LogP contribution in [0.15, 0.2) is 24.3 Å². The minimum atomic E-state index is -3.36. The number of phosphoric ester groups is 1. The Morgan fingerprint density at radius 3 is 2.17 bits per heavy atom. The second-order valence-electron chi connectivity index (χ2n) is 5.94. The van der Waals surface area contributed by atoms with Crippen molar-refractivity contribution in [2.75, 3.05) is 19.8 Å². The molecule has 4 nitrogen and oxygen atoms in total. The van der Waals surface area contributed by atoms with Crippen molar-refractivity contribution in [1.82, 2.24) is 0 Å². The molecule has 0 saturated heterocycles. The number of phosphoric acid groups is 1. The molecule has 1 fully saturated rings. The second kappa shape index (κ2) is 9.58. The third-order valence-corrected chi connectivity index (χ3v) is 5.89. The zero-order valence-corrected chi connectivity index (χ0v) is 15.2. The van der Waals surface area contributed by atoms with E-state index < -0.39 is 7.82 Å². The molecule has 0 aromatic heterocycles. The van der Waals surface area contributed by atoms with Crippen LogP contribution in [0.4, 0.5) is 0 Å². The molecule has 1 aliphatic carbocycles. The summed E-state index contributed by atoms with van der Waals surface area (Å²) in [6, 6.07) is 8.94. The number of hydrogen-bond donors (Lipinski definition) is 0. The van der Waals surface area contributed by atoms with Crippen molar-refractivity contribution in [3.05, 3.63) is 35.4 Å². The molecule has 2 rings (SSSR count). The standard InChI is InChI=1S/C18H29O4P/c1-3-20-23(19,21-4-2)22-15-7-8-16-11-13-18(14-12-16)17-9-5-6-10-17/h11-14,17H,3-10,15H2,1-2H3. The highest BCUT2D eigenvalue weighted by atomic mass is 31.2. The molecule has 0 N–H and O–H groups in total. The van der Waals surface area contributed by atoms with E-state index in [0.29, 0.717) is 19.8 Å². The van der Waals surface area contributed by atoms with Crippen molar-refractivity contribution < 1.29 is 18.1 Å². The topological polar surface area (TPSA) is 44.8 Å². The summed E-state index contributed by atoms with van der Waals surface area (Å²) < 4.78 is 27.7. The maximum absolute atomic E-state index is 12.1. The molecule has 1 saturated carbocycles. The minimum Gasteiger partial charge on any atom is -0.287 e. The van der Waals surface area contributed by atoms with Crippen molar-refractivity contribution in [1.29, 1.82) is 0 Å². The number of rotatable bonds is 10. The molecule has 1 aliphatic rings. The first-order valence-electron chi connectivity index (χ1n) is 8.79. The van der Waals surface area contributed by atoms with Gasteiger partial charge >= 0.3 is 7.82 Å². The van der Waals surface area contributed by atoms with Crippen LogP contribution in [0, 0.1) is 0 Å². The predicted molar refractivity (Wildman–Crippen MR) is 92.8 cm³/mol. The van der Waals surface area contributed by atoms with Gasteiger partial charge in [-0.1, -0.05) is 37.1 Å². The molecule has 0 amide bonds. The number of benzene rings is 1. The van der Waals surface area contributed by atoms with Crippen LogP contribution in [0.25, 0.3) is 0 Å². The van der Waals surface area contributed by atoms with E-state index in [1.54, 1.807) is 13.8 Å². The first-order chi connectivity index (χ1) is 11.2. The Morgan fingerprint density at radius 2 is 1.61 bits per heavy atom. The summed E-state index contributed by atoms with van der Waals surface area (Å²) in [6.07, 6.45) is 7.09. The van der Waals surface area contributed by atoms with Crippen molar-refractivity contribution >= 4 is 7.82 Å². The maximum Gasteiger partial charge on any atom is 0.474 e. The van der Waals surface area contributed by atoms with Crippen LogP contribution in [-0.2, 0) is 24.6 Å². The fourth-order valence-electron chi connectivity index (χ4n) is 3.10. The lowest BCUT2D eigenvalue weighted by atomic mass is 9.96. The third kappa shape index (κ3) is 6.04. The van der Waals surface area contributed by atoms with Crippen molar-refractivity contribution in [3.8, 4) is 0 Å². The maximum atomic E-state index is 12.1. The molecular weight excluding hydrogens is 311 g/mol. The van der Waals surface area contributed by atoms with Gasteiger partial charge < -0.3 is 0 Å². The molecule has 130 valence electrons. The molecule has 5 heteroatoms. The van der Waals surface area contributed by atoms with Gasteiger partial charge in [0.1, 0.15) is 0 Å². The van der Waals surface area contributed by atoms with Gasteiger partial charge in [-0.2, -0.15) is 0 Å². The molecule has 0 radical (unpaired) electrons. The van der Waals surface area contributed by atoms with Crippen molar-refractivity contribution in [2.24, 2.45) is 0 Å². The molecule has 1 aromatic carbocycles. The molecule has 23 heavy (non-hydrogen) atoms. The molecule has 0 atom stereocenters. The van der Waals surface area contributed by atoms with E-state index in [4.69, 9.17) is 13.6 Å². The second-order valence-corrected chi connectivity index (χ2v) is 7.61. The molecular formula is C18H29O4P. The van der Waals surface area contributed by atoms with Crippen LogP contribution < -0.4 is 0 Å². The third-order valence-electron chi connectivity index (χ3n) is 4.24. The molecule has 0 bridgehead atoms. The van der Waals surface area contributed by atoms with Gasteiger partial charge in [-0.3, -0.25) is 13.6 Å². The zero-order chi connectivity index (χ0) is 16.5. The van der Waals surface area contributed by atoms with E-state index in [2.05, 4.69) is 24.3 Å². The smallest absolute Gasteiger partial charge is 0.287 e.